The van der Waals surface area contributed by atoms with Crippen molar-refractivity contribution in [2.75, 3.05) is 38.2 Å². The normalized spacial score (nSPS) is 16.0. The first kappa shape index (κ1) is 13.8. The summed E-state index contributed by atoms with van der Waals surface area (Å²) in [6.07, 6.45) is 5.02. The summed E-state index contributed by atoms with van der Waals surface area (Å²) in [5.74, 6) is -0.222. The molecule has 2 aromatic heterocycles. The van der Waals surface area contributed by atoms with Crippen molar-refractivity contribution >= 4 is 11.6 Å². The molecule has 8 nitrogen and oxygen atoms in total. The smallest absolute Gasteiger partial charge is 0.273 e. The van der Waals surface area contributed by atoms with Crippen molar-refractivity contribution in [1.29, 1.82) is 0 Å². The van der Waals surface area contributed by atoms with Crippen LogP contribution in [0.15, 0.2) is 24.7 Å². The number of ether oxygens (including phenoxy) is 1. The van der Waals surface area contributed by atoms with Gasteiger partial charge >= 0.3 is 0 Å². The zero-order valence-electron chi connectivity index (χ0n) is 11.7. The van der Waals surface area contributed by atoms with Gasteiger partial charge in [0.25, 0.3) is 5.91 Å². The summed E-state index contributed by atoms with van der Waals surface area (Å²) in [6.45, 7) is 5.24. The minimum Gasteiger partial charge on any atom is -0.379 e. The van der Waals surface area contributed by atoms with E-state index in [4.69, 9.17) is 4.74 Å². The summed E-state index contributed by atoms with van der Waals surface area (Å²) in [7, 11) is 0. The number of carbonyl (C=O) groups excluding carboxylic acids is 1. The zero-order valence-corrected chi connectivity index (χ0v) is 11.7. The molecule has 3 heterocycles. The van der Waals surface area contributed by atoms with Crippen molar-refractivity contribution in [2.45, 2.75) is 6.54 Å². The van der Waals surface area contributed by atoms with Crippen LogP contribution in [0.1, 0.15) is 10.5 Å². The summed E-state index contributed by atoms with van der Waals surface area (Å²) in [5.41, 5.74) is 1.10. The molecule has 0 spiro atoms. The van der Waals surface area contributed by atoms with Gasteiger partial charge in [0.15, 0.2) is 0 Å². The Bertz CT molecular complexity index is 573. The van der Waals surface area contributed by atoms with Crippen molar-refractivity contribution < 1.29 is 9.53 Å². The third kappa shape index (κ3) is 3.67. The number of aromatic nitrogens is 4. The van der Waals surface area contributed by atoms with Crippen molar-refractivity contribution in [3.63, 3.8) is 0 Å². The Labute approximate surface area is 122 Å². The molecule has 1 saturated heterocycles. The molecule has 0 saturated carbocycles. The molecule has 2 N–H and O–H groups in total. The number of rotatable bonds is 5. The second-order valence-electron chi connectivity index (χ2n) is 4.87. The molecule has 0 aromatic carbocycles. The summed E-state index contributed by atoms with van der Waals surface area (Å²) in [5, 5.41) is 13.4. The maximum absolute atomic E-state index is 11.8. The second-order valence-corrected chi connectivity index (χ2v) is 4.87. The van der Waals surface area contributed by atoms with Crippen LogP contribution in [-0.4, -0.2) is 63.6 Å². The second kappa shape index (κ2) is 6.51. The topological polar surface area (TPSA) is 88.1 Å². The minimum absolute atomic E-state index is 0.222. The van der Waals surface area contributed by atoms with Crippen molar-refractivity contribution in [3.05, 3.63) is 30.4 Å². The molecule has 21 heavy (non-hydrogen) atoms. The van der Waals surface area contributed by atoms with E-state index in [2.05, 4.69) is 25.5 Å². The Morgan fingerprint density at radius 2 is 2.24 bits per heavy atom. The molecule has 8 heteroatoms. The molecule has 3 rings (SSSR count). The first-order valence-corrected chi connectivity index (χ1v) is 6.94. The van der Waals surface area contributed by atoms with Crippen LogP contribution in [0.3, 0.4) is 0 Å². The van der Waals surface area contributed by atoms with Gasteiger partial charge in [-0.1, -0.05) is 0 Å². The van der Waals surface area contributed by atoms with Crippen LogP contribution in [0.5, 0.6) is 0 Å². The summed E-state index contributed by atoms with van der Waals surface area (Å²) in [6, 6.07) is 1.62. The third-order valence-electron chi connectivity index (χ3n) is 3.39. The number of aromatic amines is 1. The fraction of sp³-hybridized carbons (Fsp3) is 0.462. The highest BCUT2D eigenvalue weighted by molar-refractivity contribution is 6.02. The van der Waals surface area contributed by atoms with E-state index >= 15 is 0 Å². The number of hydrogen-bond donors (Lipinski definition) is 2. The van der Waals surface area contributed by atoms with Crippen LogP contribution >= 0.6 is 0 Å². The first-order valence-electron chi connectivity index (χ1n) is 6.94. The summed E-state index contributed by atoms with van der Waals surface area (Å²) >= 11 is 0. The van der Waals surface area contributed by atoms with E-state index in [0.29, 0.717) is 11.4 Å². The van der Waals surface area contributed by atoms with E-state index in [0.717, 1.165) is 39.4 Å². The van der Waals surface area contributed by atoms with Crippen molar-refractivity contribution in [1.82, 2.24) is 24.9 Å². The number of hydrogen-bond acceptors (Lipinski definition) is 5. The summed E-state index contributed by atoms with van der Waals surface area (Å²) < 4.78 is 7.15. The van der Waals surface area contributed by atoms with E-state index in [-0.39, 0.29) is 5.91 Å². The Morgan fingerprint density at radius 3 is 3.00 bits per heavy atom. The molecular weight excluding hydrogens is 272 g/mol. The Kier molecular flexibility index (Phi) is 4.27. The van der Waals surface area contributed by atoms with Gasteiger partial charge in [-0.15, -0.1) is 0 Å². The molecule has 0 radical (unpaired) electrons. The van der Waals surface area contributed by atoms with Crippen molar-refractivity contribution in [2.24, 2.45) is 0 Å². The predicted molar refractivity (Wildman–Crippen MR) is 76.0 cm³/mol. The molecule has 0 aliphatic carbocycles. The maximum atomic E-state index is 11.8. The van der Waals surface area contributed by atoms with Crippen LogP contribution in [0.25, 0.3) is 0 Å². The summed E-state index contributed by atoms with van der Waals surface area (Å²) in [4.78, 5) is 14.2. The highest BCUT2D eigenvalue weighted by Gasteiger charge is 2.11. The molecule has 1 fully saturated rings. The molecule has 1 aliphatic heterocycles. The number of amides is 1. The Morgan fingerprint density at radius 1 is 1.38 bits per heavy atom. The lowest BCUT2D eigenvalue weighted by Gasteiger charge is -2.26. The molecular formula is C13H18N6O2. The van der Waals surface area contributed by atoms with Crippen LogP contribution in [0.4, 0.5) is 5.69 Å². The fourth-order valence-corrected chi connectivity index (χ4v) is 2.20. The molecule has 2 aromatic rings. The molecule has 0 bridgehead atoms. The SMILES string of the molecule is O=C(Nc1cnn(CCN2CCOCC2)c1)c1ccn[nH]1. The molecule has 1 aliphatic rings. The number of nitrogens with one attached hydrogen (secondary N) is 2. The van der Waals surface area contributed by atoms with E-state index in [1.807, 2.05) is 10.9 Å². The average molecular weight is 290 g/mol. The molecule has 112 valence electrons. The lowest BCUT2D eigenvalue weighted by molar-refractivity contribution is 0.0360. The van der Waals surface area contributed by atoms with Gasteiger partial charge in [-0.25, -0.2) is 0 Å². The van der Waals surface area contributed by atoms with Crippen molar-refractivity contribution in [3.8, 4) is 0 Å². The van der Waals surface area contributed by atoms with Gasteiger partial charge in [0.1, 0.15) is 5.69 Å². The number of anilines is 1. The number of H-pyrrole nitrogens is 1. The first-order chi connectivity index (χ1) is 10.3. The van der Waals surface area contributed by atoms with Crippen LogP contribution < -0.4 is 5.32 Å². The molecule has 1 amide bonds. The largest absolute Gasteiger partial charge is 0.379 e. The van der Waals surface area contributed by atoms with E-state index in [9.17, 15) is 4.79 Å². The quantitative estimate of drug-likeness (QED) is 0.821. The molecule has 0 atom stereocenters. The van der Waals surface area contributed by atoms with Crippen LogP contribution in [0.2, 0.25) is 0 Å². The van der Waals surface area contributed by atoms with Crippen LogP contribution in [-0.2, 0) is 11.3 Å². The van der Waals surface area contributed by atoms with Gasteiger partial charge < -0.3 is 10.1 Å². The van der Waals surface area contributed by atoms with Gasteiger partial charge in [-0.2, -0.15) is 10.2 Å². The molecule has 0 unspecified atom stereocenters. The van der Waals surface area contributed by atoms with E-state index in [1.165, 1.54) is 0 Å². The van der Waals surface area contributed by atoms with Gasteiger partial charge in [-0.05, 0) is 6.07 Å². The lowest BCUT2D eigenvalue weighted by atomic mass is 10.4. The van der Waals surface area contributed by atoms with Gasteiger partial charge in [0, 0.05) is 32.0 Å². The monoisotopic (exact) mass is 290 g/mol. The Balaban J connectivity index is 1.50. The van der Waals surface area contributed by atoms with Gasteiger partial charge in [0.05, 0.1) is 31.6 Å². The zero-order chi connectivity index (χ0) is 14.5. The van der Waals surface area contributed by atoms with E-state index < -0.39 is 0 Å². The van der Waals surface area contributed by atoms with Gasteiger partial charge in [0.2, 0.25) is 0 Å². The predicted octanol–water partition coefficient (Wildman–Crippen LogP) is 0.191. The minimum atomic E-state index is -0.222. The Hall–Kier alpha value is -2.19. The average Bonchev–Trinajstić information content (AvgIpc) is 3.18. The van der Waals surface area contributed by atoms with Crippen LogP contribution in [0, 0.1) is 0 Å². The fourth-order valence-electron chi connectivity index (χ4n) is 2.20. The standard InChI is InChI=1S/C13H18N6O2/c20-13(12-1-2-14-17-12)16-11-9-15-19(10-11)4-3-18-5-7-21-8-6-18/h1-2,9-10H,3-8H2,(H,14,17)(H,16,20). The maximum Gasteiger partial charge on any atom is 0.273 e. The lowest BCUT2D eigenvalue weighted by Crippen LogP contribution is -2.38. The van der Waals surface area contributed by atoms with E-state index in [1.54, 1.807) is 18.5 Å². The highest BCUT2D eigenvalue weighted by Crippen LogP contribution is 2.07. The highest BCUT2D eigenvalue weighted by atomic mass is 16.5. The van der Waals surface area contributed by atoms with Gasteiger partial charge in [-0.3, -0.25) is 19.5 Å². The number of morpholine rings is 1. The third-order valence-corrected chi connectivity index (χ3v) is 3.39. The number of nitrogens with zero attached hydrogens (tertiary/aromatic N) is 4. The number of carbonyl (C=O) groups is 1.